The van der Waals surface area contributed by atoms with Crippen LogP contribution in [-0.4, -0.2) is 53.3 Å². The average Bonchev–Trinajstić information content (AvgIpc) is 3.12. The van der Waals surface area contributed by atoms with E-state index in [1.807, 2.05) is 11.4 Å². The van der Waals surface area contributed by atoms with E-state index in [0.717, 1.165) is 16.1 Å². The Labute approximate surface area is 156 Å². The lowest BCUT2D eigenvalue weighted by molar-refractivity contribution is -0.140. The number of carbonyl (C=O) groups excluding carboxylic acids is 1. The molecule has 140 valence electrons. The number of sulfonamides is 1. The number of rotatable bonds is 5. The quantitative estimate of drug-likeness (QED) is 0.822. The van der Waals surface area contributed by atoms with Crippen molar-refractivity contribution in [2.75, 3.05) is 13.6 Å². The summed E-state index contributed by atoms with van der Waals surface area (Å²) in [6, 6.07) is 5.05. The molecule has 0 bridgehead atoms. The molecular formula is C17H21N3O4S2. The minimum absolute atomic E-state index is 0.196. The fraction of sp³-hybridized carbons (Fsp3) is 0.412. The van der Waals surface area contributed by atoms with E-state index in [2.05, 4.69) is 4.98 Å². The largest absolute Gasteiger partial charge is 0.384 e. The number of thiazole rings is 1. The van der Waals surface area contributed by atoms with E-state index in [-0.39, 0.29) is 17.3 Å². The number of aromatic nitrogens is 1. The van der Waals surface area contributed by atoms with Crippen LogP contribution in [0.3, 0.4) is 0 Å². The van der Waals surface area contributed by atoms with Crippen molar-refractivity contribution in [1.29, 1.82) is 0 Å². The molecule has 0 unspecified atom stereocenters. The van der Waals surface area contributed by atoms with Gasteiger partial charge >= 0.3 is 0 Å². The Bertz CT molecular complexity index is 895. The minimum atomic E-state index is -3.66. The number of aliphatic hydroxyl groups is 1. The molecule has 0 radical (unpaired) electrons. The number of aliphatic hydroxyl groups excluding tert-OH is 1. The minimum Gasteiger partial charge on any atom is -0.384 e. The highest BCUT2D eigenvalue weighted by Crippen LogP contribution is 2.25. The van der Waals surface area contributed by atoms with Gasteiger partial charge in [-0.25, -0.2) is 13.4 Å². The summed E-state index contributed by atoms with van der Waals surface area (Å²) in [5, 5.41) is 12.0. The molecule has 1 aliphatic heterocycles. The van der Waals surface area contributed by atoms with Gasteiger partial charge in [0.05, 0.1) is 11.4 Å². The number of nitrogens with zero attached hydrogens (tertiary/aromatic N) is 3. The third kappa shape index (κ3) is 3.80. The highest BCUT2D eigenvalue weighted by molar-refractivity contribution is 7.89. The molecule has 1 aromatic heterocycles. The molecule has 2 heterocycles. The molecule has 0 aliphatic carbocycles. The van der Waals surface area contributed by atoms with E-state index in [9.17, 15) is 18.3 Å². The molecule has 0 spiro atoms. The summed E-state index contributed by atoms with van der Waals surface area (Å²) in [7, 11) is -2.13. The molecule has 3 rings (SSSR count). The first-order valence-corrected chi connectivity index (χ1v) is 10.5. The highest BCUT2D eigenvalue weighted by Gasteiger charge is 2.27. The number of amides is 1. The first kappa shape index (κ1) is 19.0. The molecule has 1 atom stereocenters. The Morgan fingerprint density at radius 1 is 1.42 bits per heavy atom. The van der Waals surface area contributed by atoms with Crippen LogP contribution in [0.2, 0.25) is 0 Å². The van der Waals surface area contributed by atoms with Gasteiger partial charge in [0, 0.05) is 31.7 Å². The number of benzene rings is 1. The van der Waals surface area contributed by atoms with Crippen LogP contribution < -0.4 is 0 Å². The number of hydrogen-bond acceptors (Lipinski definition) is 6. The number of carbonyl (C=O) groups is 1. The topological polar surface area (TPSA) is 90.8 Å². The van der Waals surface area contributed by atoms with Crippen molar-refractivity contribution < 1.29 is 18.3 Å². The second-order valence-corrected chi connectivity index (χ2v) is 9.33. The van der Waals surface area contributed by atoms with Crippen LogP contribution in [0.25, 0.3) is 0 Å². The van der Waals surface area contributed by atoms with Crippen molar-refractivity contribution in [3.05, 3.63) is 45.9 Å². The average molecular weight is 396 g/mol. The van der Waals surface area contributed by atoms with Crippen molar-refractivity contribution in [3.63, 3.8) is 0 Å². The fourth-order valence-corrected chi connectivity index (χ4v) is 4.87. The molecule has 1 aliphatic rings. The molecule has 2 aromatic rings. The standard InChI is InChI=1S/C17H21N3O4S2/c1-12(21)17(22)20-7-5-13-3-4-15(9-14(13)10-20)26(23,24)19(2)11-16-18-6-8-25-16/h3-4,6,8-9,12,21H,5,7,10-11H2,1-2H3/t12-/m0/s1. The van der Waals surface area contributed by atoms with Gasteiger partial charge in [0.2, 0.25) is 10.0 Å². The van der Waals surface area contributed by atoms with Crippen molar-refractivity contribution in [1.82, 2.24) is 14.2 Å². The Kier molecular flexibility index (Phi) is 5.42. The SMILES string of the molecule is C[C@H](O)C(=O)N1CCc2ccc(S(=O)(=O)N(C)Cc3nccs3)cc2C1. The third-order valence-corrected chi connectivity index (χ3v) is 6.97. The van der Waals surface area contributed by atoms with Gasteiger partial charge in [-0.1, -0.05) is 6.07 Å². The molecule has 9 heteroatoms. The van der Waals surface area contributed by atoms with Gasteiger partial charge in [0.15, 0.2) is 0 Å². The lowest BCUT2D eigenvalue weighted by atomic mass is 9.99. The van der Waals surface area contributed by atoms with Gasteiger partial charge in [0.1, 0.15) is 11.1 Å². The Balaban J connectivity index is 1.83. The second-order valence-electron chi connectivity index (χ2n) is 6.30. The lowest BCUT2D eigenvalue weighted by Gasteiger charge is -2.30. The maximum absolute atomic E-state index is 12.9. The van der Waals surface area contributed by atoms with Gasteiger partial charge < -0.3 is 10.0 Å². The number of hydrogen-bond donors (Lipinski definition) is 1. The van der Waals surface area contributed by atoms with Crippen LogP contribution in [0.4, 0.5) is 0 Å². The van der Waals surface area contributed by atoms with Crippen molar-refractivity contribution in [3.8, 4) is 0 Å². The Hall–Kier alpha value is -1.81. The first-order chi connectivity index (χ1) is 12.3. The summed E-state index contributed by atoms with van der Waals surface area (Å²) < 4.78 is 27.0. The van der Waals surface area contributed by atoms with Crippen molar-refractivity contribution in [2.45, 2.75) is 37.4 Å². The van der Waals surface area contributed by atoms with Gasteiger partial charge in [-0.05, 0) is 36.6 Å². The zero-order valence-electron chi connectivity index (χ0n) is 14.6. The molecule has 1 amide bonds. The zero-order chi connectivity index (χ0) is 18.9. The summed E-state index contributed by atoms with van der Waals surface area (Å²) in [5.74, 6) is -0.343. The van der Waals surface area contributed by atoms with E-state index in [0.29, 0.717) is 19.5 Å². The molecule has 1 aromatic carbocycles. The molecule has 0 saturated heterocycles. The summed E-state index contributed by atoms with van der Waals surface area (Å²) >= 11 is 1.41. The molecule has 0 saturated carbocycles. The predicted octanol–water partition coefficient (Wildman–Crippen LogP) is 1.23. The van der Waals surface area contributed by atoms with Gasteiger partial charge in [-0.15, -0.1) is 11.3 Å². The van der Waals surface area contributed by atoms with Crippen LogP contribution in [0.15, 0.2) is 34.7 Å². The van der Waals surface area contributed by atoms with Crippen LogP contribution in [0, 0.1) is 0 Å². The fourth-order valence-electron chi connectivity index (χ4n) is 2.93. The normalized spacial score (nSPS) is 15.8. The van der Waals surface area contributed by atoms with Crippen molar-refractivity contribution in [2.24, 2.45) is 0 Å². The van der Waals surface area contributed by atoms with Crippen molar-refractivity contribution >= 4 is 27.3 Å². The summed E-state index contributed by atoms with van der Waals surface area (Å²) in [6.45, 7) is 2.47. The zero-order valence-corrected chi connectivity index (χ0v) is 16.3. The first-order valence-electron chi connectivity index (χ1n) is 8.22. The molecule has 0 fully saturated rings. The Morgan fingerprint density at radius 2 is 2.19 bits per heavy atom. The maximum atomic E-state index is 12.9. The molecule has 26 heavy (non-hydrogen) atoms. The summed E-state index contributed by atoms with van der Waals surface area (Å²) in [4.78, 5) is 17.9. The van der Waals surface area contributed by atoms with Gasteiger partial charge in [0.25, 0.3) is 5.91 Å². The van der Waals surface area contributed by atoms with Crippen LogP contribution in [0.5, 0.6) is 0 Å². The monoisotopic (exact) mass is 395 g/mol. The van der Waals surface area contributed by atoms with Crippen LogP contribution in [0.1, 0.15) is 23.1 Å². The van der Waals surface area contributed by atoms with E-state index in [1.165, 1.54) is 29.6 Å². The van der Waals surface area contributed by atoms with Gasteiger partial charge in [-0.3, -0.25) is 4.79 Å². The maximum Gasteiger partial charge on any atom is 0.251 e. The molecule has 7 nitrogen and oxygen atoms in total. The van der Waals surface area contributed by atoms with Crippen LogP contribution in [-0.2, 0) is 34.3 Å². The molecular weight excluding hydrogens is 374 g/mol. The third-order valence-electron chi connectivity index (χ3n) is 4.41. The van der Waals surface area contributed by atoms with E-state index in [1.54, 1.807) is 23.2 Å². The smallest absolute Gasteiger partial charge is 0.251 e. The summed E-state index contributed by atoms with van der Waals surface area (Å²) in [6.07, 6.45) is 1.23. The van der Waals surface area contributed by atoms with Gasteiger partial charge in [-0.2, -0.15) is 4.31 Å². The highest BCUT2D eigenvalue weighted by atomic mass is 32.2. The van der Waals surface area contributed by atoms with E-state index < -0.39 is 16.1 Å². The lowest BCUT2D eigenvalue weighted by Crippen LogP contribution is -2.41. The van der Waals surface area contributed by atoms with Crippen LogP contribution >= 0.6 is 11.3 Å². The second kappa shape index (κ2) is 7.43. The Morgan fingerprint density at radius 3 is 2.85 bits per heavy atom. The van der Waals surface area contributed by atoms with E-state index >= 15 is 0 Å². The predicted molar refractivity (Wildman–Crippen MR) is 98.0 cm³/mol. The molecule has 1 N–H and O–H groups in total. The van der Waals surface area contributed by atoms with E-state index in [4.69, 9.17) is 0 Å². The number of fused-ring (bicyclic) bond motifs is 1. The summed E-state index contributed by atoms with van der Waals surface area (Å²) in [5.41, 5.74) is 1.83.